The highest BCUT2D eigenvalue weighted by Crippen LogP contribution is 2.24. The van der Waals surface area contributed by atoms with Gasteiger partial charge in [-0.3, -0.25) is 9.59 Å². The standard InChI is InChI=1S/C15H21NO4S/c1-4-11-7-13(21-10(11)2)15(18)16-5-6-20-12(9-16)8-14(17)19-3/h7,12H,4-6,8-9H2,1-3H3. The Hall–Kier alpha value is -1.40. The lowest BCUT2D eigenvalue weighted by Gasteiger charge is -2.32. The van der Waals surface area contributed by atoms with Gasteiger partial charge in [0.05, 0.1) is 31.1 Å². The second-order valence-electron chi connectivity index (χ2n) is 5.07. The summed E-state index contributed by atoms with van der Waals surface area (Å²) in [7, 11) is 1.36. The summed E-state index contributed by atoms with van der Waals surface area (Å²) in [6.07, 6.45) is 0.843. The van der Waals surface area contributed by atoms with Crippen molar-refractivity contribution in [2.24, 2.45) is 0 Å². The quantitative estimate of drug-likeness (QED) is 0.798. The minimum Gasteiger partial charge on any atom is -0.469 e. The van der Waals surface area contributed by atoms with Gasteiger partial charge in [0.25, 0.3) is 5.91 Å². The summed E-state index contributed by atoms with van der Waals surface area (Å²) in [5.41, 5.74) is 1.22. The zero-order chi connectivity index (χ0) is 15.4. The average molecular weight is 311 g/mol. The molecular weight excluding hydrogens is 290 g/mol. The first-order valence-electron chi connectivity index (χ1n) is 7.12. The number of esters is 1. The maximum Gasteiger partial charge on any atom is 0.308 e. The highest BCUT2D eigenvalue weighted by Gasteiger charge is 2.27. The van der Waals surface area contributed by atoms with Crippen molar-refractivity contribution in [1.82, 2.24) is 4.90 Å². The molecule has 0 spiro atoms. The molecule has 2 rings (SSSR count). The summed E-state index contributed by atoms with van der Waals surface area (Å²) in [6, 6.07) is 1.98. The highest BCUT2D eigenvalue weighted by atomic mass is 32.1. The fourth-order valence-corrected chi connectivity index (χ4v) is 3.51. The Labute approximate surface area is 128 Å². The van der Waals surface area contributed by atoms with Crippen LogP contribution in [0.1, 0.15) is 33.5 Å². The lowest BCUT2D eigenvalue weighted by Crippen LogP contribution is -2.46. The van der Waals surface area contributed by atoms with Crippen molar-refractivity contribution in [2.75, 3.05) is 26.8 Å². The molecule has 1 saturated heterocycles. The van der Waals surface area contributed by atoms with Crippen LogP contribution < -0.4 is 0 Å². The van der Waals surface area contributed by atoms with Crippen LogP contribution in [-0.2, 0) is 20.7 Å². The van der Waals surface area contributed by atoms with Crippen molar-refractivity contribution in [3.63, 3.8) is 0 Å². The zero-order valence-corrected chi connectivity index (χ0v) is 13.5. The first-order chi connectivity index (χ1) is 10.0. The molecule has 0 radical (unpaired) electrons. The van der Waals surface area contributed by atoms with E-state index in [0.717, 1.165) is 11.3 Å². The average Bonchev–Trinajstić information content (AvgIpc) is 2.87. The van der Waals surface area contributed by atoms with Crippen molar-refractivity contribution in [2.45, 2.75) is 32.8 Å². The molecule has 0 aromatic carbocycles. The Balaban J connectivity index is 2.02. The van der Waals surface area contributed by atoms with Crippen LogP contribution in [0, 0.1) is 6.92 Å². The zero-order valence-electron chi connectivity index (χ0n) is 12.7. The SMILES string of the molecule is CCc1cc(C(=O)N2CCOC(CC(=O)OC)C2)sc1C. The molecule has 1 fully saturated rings. The summed E-state index contributed by atoms with van der Waals surface area (Å²) in [5.74, 6) is -0.282. The molecule has 1 aliphatic heterocycles. The van der Waals surface area contributed by atoms with Crippen LogP contribution in [0.25, 0.3) is 0 Å². The molecular formula is C15H21NO4S. The number of amides is 1. The molecule has 0 N–H and O–H groups in total. The van der Waals surface area contributed by atoms with Gasteiger partial charge in [-0.1, -0.05) is 6.92 Å². The van der Waals surface area contributed by atoms with Crippen LogP contribution in [0.3, 0.4) is 0 Å². The molecule has 5 nitrogen and oxygen atoms in total. The van der Waals surface area contributed by atoms with Gasteiger partial charge < -0.3 is 14.4 Å². The van der Waals surface area contributed by atoms with E-state index in [2.05, 4.69) is 11.7 Å². The van der Waals surface area contributed by atoms with Crippen molar-refractivity contribution in [3.05, 3.63) is 21.4 Å². The number of thiophene rings is 1. The van der Waals surface area contributed by atoms with Gasteiger partial charge in [0.15, 0.2) is 0 Å². The van der Waals surface area contributed by atoms with E-state index in [1.807, 2.05) is 13.0 Å². The molecule has 1 aliphatic rings. The smallest absolute Gasteiger partial charge is 0.308 e. The third-order valence-electron chi connectivity index (χ3n) is 3.66. The first-order valence-corrected chi connectivity index (χ1v) is 7.93. The van der Waals surface area contributed by atoms with Gasteiger partial charge in [0.2, 0.25) is 0 Å². The third kappa shape index (κ3) is 3.83. The molecule has 0 saturated carbocycles. The van der Waals surface area contributed by atoms with Gasteiger partial charge in [-0.05, 0) is 25.0 Å². The van der Waals surface area contributed by atoms with Crippen molar-refractivity contribution >= 4 is 23.2 Å². The number of aryl methyl sites for hydroxylation is 2. The number of carbonyl (C=O) groups is 2. The molecule has 1 atom stereocenters. The van der Waals surface area contributed by atoms with Crippen molar-refractivity contribution in [3.8, 4) is 0 Å². The molecule has 0 aliphatic carbocycles. The van der Waals surface area contributed by atoms with Gasteiger partial charge in [-0.15, -0.1) is 11.3 Å². The summed E-state index contributed by atoms with van der Waals surface area (Å²) in [6.45, 7) is 5.59. The minimum absolute atomic E-state index is 0.0287. The first kappa shape index (κ1) is 16.0. The number of carbonyl (C=O) groups excluding carboxylic acids is 2. The van der Waals surface area contributed by atoms with Crippen LogP contribution >= 0.6 is 11.3 Å². The minimum atomic E-state index is -0.311. The number of hydrogen-bond acceptors (Lipinski definition) is 5. The topological polar surface area (TPSA) is 55.8 Å². The van der Waals surface area contributed by atoms with E-state index in [4.69, 9.17) is 4.74 Å². The van der Waals surface area contributed by atoms with Gasteiger partial charge >= 0.3 is 5.97 Å². The van der Waals surface area contributed by atoms with E-state index < -0.39 is 0 Å². The lowest BCUT2D eigenvalue weighted by atomic mass is 10.2. The van der Waals surface area contributed by atoms with Crippen LogP contribution in [-0.4, -0.2) is 49.7 Å². The van der Waals surface area contributed by atoms with Crippen LogP contribution in [0.15, 0.2) is 6.07 Å². The van der Waals surface area contributed by atoms with E-state index in [1.54, 1.807) is 4.90 Å². The Bertz CT molecular complexity index is 526. The van der Waals surface area contributed by atoms with Crippen molar-refractivity contribution < 1.29 is 19.1 Å². The van der Waals surface area contributed by atoms with E-state index in [0.29, 0.717) is 19.7 Å². The molecule has 1 amide bonds. The highest BCUT2D eigenvalue weighted by molar-refractivity contribution is 7.14. The summed E-state index contributed by atoms with van der Waals surface area (Å²) in [4.78, 5) is 27.6. The number of methoxy groups -OCH3 is 1. The predicted octanol–water partition coefficient (Wildman–Crippen LogP) is 2.02. The number of ether oxygens (including phenoxy) is 2. The summed E-state index contributed by atoms with van der Waals surface area (Å²) in [5, 5.41) is 0. The fraction of sp³-hybridized carbons (Fsp3) is 0.600. The second-order valence-corrected chi connectivity index (χ2v) is 6.33. The largest absolute Gasteiger partial charge is 0.469 e. The summed E-state index contributed by atoms with van der Waals surface area (Å²) < 4.78 is 10.2. The van der Waals surface area contributed by atoms with Gasteiger partial charge in [-0.2, -0.15) is 0 Å². The fourth-order valence-electron chi connectivity index (χ4n) is 2.43. The van der Waals surface area contributed by atoms with E-state index in [1.165, 1.54) is 28.9 Å². The number of morpholine rings is 1. The van der Waals surface area contributed by atoms with Gasteiger partial charge in [0, 0.05) is 18.0 Å². The number of nitrogens with zero attached hydrogens (tertiary/aromatic N) is 1. The van der Waals surface area contributed by atoms with Crippen LogP contribution in [0.5, 0.6) is 0 Å². The molecule has 1 aromatic heterocycles. The maximum atomic E-state index is 12.5. The third-order valence-corrected chi connectivity index (χ3v) is 4.74. The molecule has 0 bridgehead atoms. The Morgan fingerprint density at radius 2 is 2.29 bits per heavy atom. The molecule has 21 heavy (non-hydrogen) atoms. The predicted molar refractivity (Wildman–Crippen MR) is 80.7 cm³/mol. The Kier molecular flexibility index (Phi) is 5.36. The monoisotopic (exact) mass is 311 g/mol. The molecule has 116 valence electrons. The Morgan fingerprint density at radius 1 is 1.52 bits per heavy atom. The van der Waals surface area contributed by atoms with E-state index in [9.17, 15) is 9.59 Å². The number of rotatable bonds is 4. The second kappa shape index (κ2) is 7.04. The molecule has 1 unspecified atom stereocenters. The lowest BCUT2D eigenvalue weighted by molar-refractivity contribution is -0.145. The molecule has 2 heterocycles. The van der Waals surface area contributed by atoms with Gasteiger partial charge in [-0.25, -0.2) is 0 Å². The molecule has 1 aromatic rings. The van der Waals surface area contributed by atoms with Crippen molar-refractivity contribution in [1.29, 1.82) is 0 Å². The van der Waals surface area contributed by atoms with Gasteiger partial charge in [0.1, 0.15) is 0 Å². The van der Waals surface area contributed by atoms with E-state index in [-0.39, 0.29) is 24.4 Å². The number of hydrogen-bond donors (Lipinski definition) is 0. The van der Waals surface area contributed by atoms with E-state index >= 15 is 0 Å². The normalized spacial score (nSPS) is 18.6. The summed E-state index contributed by atoms with van der Waals surface area (Å²) >= 11 is 1.54. The van der Waals surface area contributed by atoms with Crippen LogP contribution in [0.4, 0.5) is 0 Å². The van der Waals surface area contributed by atoms with Crippen LogP contribution in [0.2, 0.25) is 0 Å². The Morgan fingerprint density at radius 3 is 2.90 bits per heavy atom. The molecule has 6 heteroatoms. The maximum absolute atomic E-state index is 12.5.